The Labute approximate surface area is 128 Å². The molecule has 6 nitrogen and oxygen atoms in total. The fourth-order valence-corrected chi connectivity index (χ4v) is 1.98. The third kappa shape index (κ3) is 3.40. The van der Waals surface area contributed by atoms with Gasteiger partial charge in [-0.2, -0.15) is 0 Å². The minimum absolute atomic E-state index is 0.0415. The molecule has 1 aromatic carbocycles. The molecule has 1 heterocycles. The number of hydrogen-bond donors (Lipinski definition) is 3. The molecule has 0 atom stereocenters. The minimum Gasteiger partial charge on any atom is -0.507 e. The van der Waals surface area contributed by atoms with E-state index in [9.17, 15) is 9.90 Å². The van der Waals surface area contributed by atoms with Gasteiger partial charge in [0.25, 0.3) is 0 Å². The van der Waals surface area contributed by atoms with Gasteiger partial charge in [0.05, 0.1) is 12.2 Å². The second kappa shape index (κ2) is 6.70. The van der Waals surface area contributed by atoms with E-state index in [1.54, 1.807) is 25.2 Å². The van der Waals surface area contributed by atoms with Crippen LogP contribution < -0.4 is 10.6 Å². The number of aromatic hydroxyl groups is 1. The molecule has 6 heteroatoms. The van der Waals surface area contributed by atoms with Crippen LogP contribution in [0.25, 0.3) is 11.3 Å². The summed E-state index contributed by atoms with van der Waals surface area (Å²) >= 11 is 0. The lowest BCUT2D eigenvalue weighted by Gasteiger charge is -2.09. The van der Waals surface area contributed by atoms with Gasteiger partial charge in [0, 0.05) is 11.1 Å². The molecule has 0 radical (unpaired) electrons. The lowest BCUT2D eigenvalue weighted by molar-refractivity contribution is -0.115. The number of aryl methyl sites for hydroxylation is 1. The van der Waals surface area contributed by atoms with E-state index in [0.29, 0.717) is 22.6 Å². The maximum Gasteiger partial charge on any atom is 0.239 e. The zero-order valence-corrected chi connectivity index (χ0v) is 12.3. The van der Waals surface area contributed by atoms with Crippen molar-refractivity contribution in [1.82, 2.24) is 15.5 Å². The lowest BCUT2D eigenvalue weighted by Crippen LogP contribution is -2.25. The first-order valence-electron chi connectivity index (χ1n) is 6.64. The first kappa shape index (κ1) is 15.5. The van der Waals surface area contributed by atoms with Gasteiger partial charge in [-0.05, 0) is 43.8 Å². The Morgan fingerprint density at radius 3 is 2.73 bits per heavy atom. The number of rotatable bonds is 4. The average Bonchev–Trinajstić information content (AvgIpc) is 2.48. The van der Waals surface area contributed by atoms with Crippen LogP contribution in [0.4, 0.5) is 5.82 Å². The van der Waals surface area contributed by atoms with Crippen molar-refractivity contribution in [3.63, 3.8) is 0 Å². The van der Waals surface area contributed by atoms with E-state index in [1.807, 2.05) is 6.92 Å². The Morgan fingerprint density at radius 1 is 1.36 bits per heavy atom. The molecule has 0 unspecified atom stereocenters. The van der Waals surface area contributed by atoms with Crippen molar-refractivity contribution in [2.24, 2.45) is 0 Å². The third-order valence-electron chi connectivity index (χ3n) is 3.01. The van der Waals surface area contributed by atoms with Gasteiger partial charge < -0.3 is 15.7 Å². The van der Waals surface area contributed by atoms with Crippen molar-refractivity contribution in [2.45, 2.75) is 6.92 Å². The van der Waals surface area contributed by atoms with Crippen LogP contribution in [0.15, 0.2) is 24.3 Å². The monoisotopic (exact) mass is 296 g/mol. The highest BCUT2D eigenvalue weighted by Crippen LogP contribution is 2.30. The molecule has 3 N–H and O–H groups in total. The molecule has 1 aromatic heterocycles. The molecular weight excluding hydrogens is 280 g/mol. The fourth-order valence-electron chi connectivity index (χ4n) is 1.98. The van der Waals surface area contributed by atoms with Crippen molar-refractivity contribution >= 4 is 11.7 Å². The number of carbonyl (C=O) groups excluding carboxylic acids is 1. The van der Waals surface area contributed by atoms with E-state index >= 15 is 0 Å². The molecule has 0 saturated carbocycles. The number of carbonyl (C=O) groups is 1. The van der Waals surface area contributed by atoms with Gasteiger partial charge in [0.2, 0.25) is 5.91 Å². The highest BCUT2D eigenvalue weighted by molar-refractivity contribution is 5.91. The normalized spacial score (nSPS) is 10.0. The topological polar surface area (TPSA) is 87.1 Å². The quantitative estimate of drug-likeness (QED) is 0.740. The second-order valence-electron chi connectivity index (χ2n) is 4.72. The third-order valence-corrected chi connectivity index (χ3v) is 3.01. The number of phenolic OH excluding ortho intramolecular Hbond substituents is 1. The summed E-state index contributed by atoms with van der Waals surface area (Å²) in [6.45, 7) is 2.02. The summed E-state index contributed by atoms with van der Waals surface area (Å²) in [5, 5.41) is 23.5. The molecule has 0 aliphatic carbocycles. The number of phenols is 1. The molecule has 22 heavy (non-hydrogen) atoms. The molecular formula is C16H16N4O2. The standard InChI is InChI=1S/C16H16N4O2/c1-4-11-5-6-12(13(21)8-11)16-10(2)7-14(19-20-16)18-15(22)9-17-3/h1,5-8,17,21H,9H2,2-3H3,(H,18,19,22). The van der Waals surface area contributed by atoms with Crippen LogP contribution in [0.2, 0.25) is 0 Å². The van der Waals surface area contributed by atoms with Crippen molar-refractivity contribution < 1.29 is 9.90 Å². The fraction of sp³-hybridized carbons (Fsp3) is 0.188. The predicted molar refractivity (Wildman–Crippen MR) is 84.4 cm³/mol. The Hall–Kier alpha value is -2.91. The van der Waals surface area contributed by atoms with Crippen LogP contribution in [0.5, 0.6) is 5.75 Å². The molecule has 1 amide bonds. The minimum atomic E-state index is -0.204. The van der Waals surface area contributed by atoms with Gasteiger partial charge >= 0.3 is 0 Å². The second-order valence-corrected chi connectivity index (χ2v) is 4.72. The van der Waals surface area contributed by atoms with Gasteiger partial charge in [-0.1, -0.05) is 5.92 Å². The number of benzene rings is 1. The van der Waals surface area contributed by atoms with E-state index in [-0.39, 0.29) is 18.2 Å². The number of aromatic nitrogens is 2. The van der Waals surface area contributed by atoms with Crippen molar-refractivity contribution in [3.8, 4) is 29.4 Å². The Morgan fingerprint density at radius 2 is 2.14 bits per heavy atom. The van der Waals surface area contributed by atoms with Crippen LogP contribution in [-0.4, -0.2) is 34.8 Å². The molecule has 0 saturated heterocycles. The van der Waals surface area contributed by atoms with Crippen molar-refractivity contribution in [1.29, 1.82) is 0 Å². The van der Waals surface area contributed by atoms with Crippen LogP contribution >= 0.6 is 0 Å². The number of nitrogens with zero attached hydrogens (tertiary/aromatic N) is 2. The largest absolute Gasteiger partial charge is 0.507 e. The highest BCUT2D eigenvalue weighted by Gasteiger charge is 2.12. The van der Waals surface area contributed by atoms with E-state index < -0.39 is 0 Å². The van der Waals surface area contributed by atoms with Crippen LogP contribution in [0.1, 0.15) is 11.1 Å². The van der Waals surface area contributed by atoms with E-state index in [0.717, 1.165) is 5.56 Å². The van der Waals surface area contributed by atoms with Gasteiger partial charge in [0.15, 0.2) is 5.82 Å². The summed E-state index contributed by atoms with van der Waals surface area (Å²) in [6, 6.07) is 6.61. The average molecular weight is 296 g/mol. The summed E-state index contributed by atoms with van der Waals surface area (Å²) in [5.74, 6) is 2.65. The van der Waals surface area contributed by atoms with E-state index in [1.165, 1.54) is 6.07 Å². The van der Waals surface area contributed by atoms with Crippen molar-refractivity contribution in [2.75, 3.05) is 18.9 Å². The molecule has 0 bridgehead atoms. The molecule has 112 valence electrons. The number of likely N-dealkylation sites (N-methyl/N-ethyl adjacent to an activating group) is 1. The molecule has 0 spiro atoms. The summed E-state index contributed by atoms with van der Waals surface area (Å²) in [4.78, 5) is 11.5. The Balaban J connectivity index is 2.30. The Kier molecular flexibility index (Phi) is 4.71. The van der Waals surface area contributed by atoms with Crippen LogP contribution in [0, 0.1) is 19.3 Å². The Bertz CT molecular complexity index is 750. The zero-order chi connectivity index (χ0) is 16.1. The number of nitrogens with one attached hydrogen (secondary N) is 2. The molecule has 2 rings (SSSR count). The number of anilines is 1. The maximum atomic E-state index is 11.5. The summed E-state index contributed by atoms with van der Waals surface area (Å²) in [6.07, 6.45) is 5.29. The summed E-state index contributed by atoms with van der Waals surface area (Å²) in [5.41, 5.74) is 2.44. The summed E-state index contributed by atoms with van der Waals surface area (Å²) in [7, 11) is 1.68. The number of amides is 1. The summed E-state index contributed by atoms with van der Waals surface area (Å²) < 4.78 is 0. The van der Waals surface area contributed by atoms with Gasteiger partial charge in [-0.25, -0.2) is 0 Å². The molecule has 0 aliphatic rings. The van der Waals surface area contributed by atoms with Gasteiger partial charge in [-0.3, -0.25) is 4.79 Å². The molecule has 0 aliphatic heterocycles. The lowest BCUT2D eigenvalue weighted by atomic mass is 10.0. The zero-order valence-electron chi connectivity index (χ0n) is 12.3. The first-order valence-corrected chi connectivity index (χ1v) is 6.64. The predicted octanol–water partition coefficient (Wildman–Crippen LogP) is 1.30. The first-order chi connectivity index (χ1) is 10.5. The van der Waals surface area contributed by atoms with Gasteiger partial charge in [-0.15, -0.1) is 16.6 Å². The smallest absolute Gasteiger partial charge is 0.239 e. The van der Waals surface area contributed by atoms with Gasteiger partial charge in [0.1, 0.15) is 5.75 Å². The van der Waals surface area contributed by atoms with E-state index in [2.05, 4.69) is 26.8 Å². The molecule has 2 aromatic rings. The van der Waals surface area contributed by atoms with Crippen molar-refractivity contribution in [3.05, 3.63) is 35.4 Å². The molecule has 0 fully saturated rings. The number of hydrogen-bond acceptors (Lipinski definition) is 5. The SMILES string of the molecule is C#Cc1ccc(-c2nnc(NC(=O)CNC)cc2C)c(O)c1. The number of terminal acetylenes is 1. The van der Waals surface area contributed by atoms with Crippen LogP contribution in [-0.2, 0) is 4.79 Å². The maximum absolute atomic E-state index is 11.5. The van der Waals surface area contributed by atoms with E-state index in [4.69, 9.17) is 6.42 Å². The highest BCUT2D eigenvalue weighted by atomic mass is 16.3. The van der Waals surface area contributed by atoms with Crippen LogP contribution in [0.3, 0.4) is 0 Å².